The summed E-state index contributed by atoms with van der Waals surface area (Å²) in [5.74, 6) is 0. The molecule has 13 heavy (non-hydrogen) atoms. The van der Waals surface area contributed by atoms with Crippen LogP contribution >= 0.6 is 11.8 Å². The van der Waals surface area contributed by atoms with Crippen molar-refractivity contribution in [3.05, 3.63) is 0 Å². The standard InChI is InChI=1S/C10H22N2S/c1-8(13-2)7-12-10-5-3-4-9(11)6-10/h8-10,12H,3-7,11H2,1-2H3. The van der Waals surface area contributed by atoms with Crippen molar-refractivity contribution in [2.24, 2.45) is 5.73 Å². The molecule has 3 atom stereocenters. The van der Waals surface area contributed by atoms with Gasteiger partial charge < -0.3 is 11.1 Å². The molecule has 3 N–H and O–H groups in total. The van der Waals surface area contributed by atoms with Gasteiger partial charge in [-0.3, -0.25) is 0 Å². The molecule has 1 aliphatic rings. The number of hydrogen-bond acceptors (Lipinski definition) is 3. The van der Waals surface area contributed by atoms with Crippen LogP contribution in [0.2, 0.25) is 0 Å². The molecule has 0 aromatic heterocycles. The monoisotopic (exact) mass is 202 g/mol. The van der Waals surface area contributed by atoms with Crippen LogP contribution in [-0.4, -0.2) is 30.1 Å². The average molecular weight is 202 g/mol. The molecule has 0 heterocycles. The first-order valence-electron chi connectivity index (χ1n) is 5.24. The van der Waals surface area contributed by atoms with E-state index in [1.807, 2.05) is 11.8 Å². The Kier molecular flexibility index (Phi) is 5.14. The lowest BCUT2D eigenvalue weighted by molar-refractivity contribution is 0.341. The van der Waals surface area contributed by atoms with Gasteiger partial charge in [0, 0.05) is 23.9 Å². The molecule has 0 aromatic carbocycles. The van der Waals surface area contributed by atoms with E-state index in [4.69, 9.17) is 5.73 Å². The summed E-state index contributed by atoms with van der Waals surface area (Å²) in [5.41, 5.74) is 5.92. The van der Waals surface area contributed by atoms with Crippen molar-refractivity contribution in [1.82, 2.24) is 5.32 Å². The highest BCUT2D eigenvalue weighted by Crippen LogP contribution is 2.17. The Balaban J connectivity index is 2.13. The van der Waals surface area contributed by atoms with Crippen molar-refractivity contribution in [3.8, 4) is 0 Å². The lowest BCUT2D eigenvalue weighted by Gasteiger charge is -2.28. The molecular formula is C10H22N2S. The molecule has 1 fully saturated rings. The first-order valence-corrected chi connectivity index (χ1v) is 6.53. The van der Waals surface area contributed by atoms with Crippen molar-refractivity contribution in [2.75, 3.05) is 12.8 Å². The maximum Gasteiger partial charge on any atom is 0.0141 e. The van der Waals surface area contributed by atoms with Gasteiger partial charge in [0.15, 0.2) is 0 Å². The Morgan fingerprint density at radius 2 is 2.31 bits per heavy atom. The maximum atomic E-state index is 5.92. The van der Waals surface area contributed by atoms with Crippen LogP contribution in [-0.2, 0) is 0 Å². The minimum atomic E-state index is 0.441. The topological polar surface area (TPSA) is 38.0 Å². The van der Waals surface area contributed by atoms with Gasteiger partial charge >= 0.3 is 0 Å². The summed E-state index contributed by atoms with van der Waals surface area (Å²) in [6, 6.07) is 1.12. The zero-order chi connectivity index (χ0) is 9.68. The molecule has 0 aliphatic heterocycles. The van der Waals surface area contributed by atoms with Gasteiger partial charge in [0.25, 0.3) is 0 Å². The highest BCUT2D eigenvalue weighted by molar-refractivity contribution is 7.99. The first-order chi connectivity index (χ1) is 6.22. The Labute approximate surface area is 86.0 Å². The van der Waals surface area contributed by atoms with Crippen molar-refractivity contribution in [1.29, 1.82) is 0 Å². The van der Waals surface area contributed by atoms with Crippen LogP contribution in [0.5, 0.6) is 0 Å². The fraction of sp³-hybridized carbons (Fsp3) is 1.00. The minimum absolute atomic E-state index is 0.441. The minimum Gasteiger partial charge on any atom is -0.328 e. The molecule has 0 amide bonds. The van der Waals surface area contributed by atoms with Crippen LogP contribution in [0.3, 0.4) is 0 Å². The molecule has 78 valence electrons. The van der Waals surface area contributed by atoms with Crippen LogP contribution < -0.4 is 11.1 Å². The Morgan fingerprint density at radius 1 is 1.54 bits per heavy atom. The number of hydrogen-bond donors (Lipinski definition) is 2. The SMILES string of the molecule is CSC(C)CNC1CCCC(N)C1. The van der Waals surface area contributed by atoms with Crippen molar-refractivity contribution in [2.45, 2.75) is 49.9 Å². The van der Waals surface area contributed by atoms with E-state index < -0.39 is 0 Å². The van der Waals surface area contributed by atoms with Crippen LogP contribution in [0.15, 0.2) is 0 Å². The third-order valence-electron chi connectivity index (χ3n) is 2.81. The largest absolute Gasteiger partial charge is 0.328 e. The third-order valence-corrected chi connectivity index (χ3v) is 3.78. The molecule has 3 unspecified atom stereocenters. The van der Waals surface area contributed by atoms with Gasteiger partial charge in [-0.25, -0.2) is 0 Å². The van der Waals surface area contributed by atoms with Crippen LogP contribution in [0.4, 0.5) is 0 Å². The average Bonchev–Trinajstić information content (AvgIpc) is 2.14. The molecule has 0 bridgehead atoms. The van der Waals surface area contributed by atoms with E-state index >= 15 is 0 Å². The quantitative estimate of drug-likeness (QED) is 0.727. The second-order valence-electron chi connectivity index (χ2n) is 4.08. The molecule has 0 radical (unpaired) electrons. The summed E-state index contributed by atoms with van der Waals surface area (Å²) in [6.07, 6.45) is 7.16. The lowest BCUT2D eigenvalue weighted by atomic mass is 9.91. The third kappa shape index (κ3) is 4.34. The van der Waals surface area contributed by atoms with Gasteiger partial charge in [0.05, 0.1) is 0 Å². The molecule has 2 nitrogen and oxygen atoms in total. The summed E-state index contributed by atoms with van der Waals surface area (Å²) in [7, 11) is 0. The van der Waals surface area contributed by atoms with Crippen molar-refractivity contribution < 1.29 is 0 Å². The number of nitrogens with two attached hydrogens (primary N) is 1. The van der Waals surface area contributed by atoms with E-state index in [0.29, 0.717) is 12.1 Å². The van der Waals surface area contributed by atoms with E-state index in [9.17, 15) is 0 Å². The first kappa shape index (κ1) is 11.3. The highest BCUT2D eigenvalue weighted by atomic mass is 32.2. The molecular weight excluding hydrogens is 180 g/mol. The smallest absolute Gasteiger partial charge is 0.0141 e. The normalized spacial score (nSPS) is 31.6. The number of nitrogens with one attached hydrogen (secondary N) is 1. The van der Waals surface area contributed by atoms with E-state index in [1.54, 1.807) is 0 Å². The second-order valence-corrected chi connectivity index (χ2v) is 5.35. The Hall–Kier alpha value is 0.270. The highest BCUT2D eigenvalue weighted by Gasteiger charge is 2.18. The Morgan fingerprint density at radius 3 is 2.92 bits per heavy atom. The predicted molar refractivity (Wildman–Crippen MR) is 61.2 cm³/mol. The molecule has 1 aliphatic carbocycles. The summed E-state index contributed by atoms with van der Waals surface area (Å²) in [4.78, 5) is 0. The molecule has 1 saturated carbocycles. The van der Waals surface area contributed by atoms with Gasteiger partial charge in [-0.1, -0.05) is 13.3 Å². The van der Waals surface area contributed by atoms with E-state index in [-0.39, 0.29) is 0 Å². The number of rotatable bonds is 4. The molecule has 1 rings (SSSR count). The maximum absolute atomic E-state index is 5.92. The van der Waals surface area contributed by atoms with Crippen LogP contribution in [0, 0.1) is 0 Å². The second kappa shape index (κ2) is 5.89. The van der Waals surface area contributed by atoms with Crippen LogP contribution in [0.1, 0.15) is 32.6 Å². The van der Waals surface area contributed by atoms with Crippen molar-refractivity contribution >= 4 is 11.8 Å². The summed E-state index contributed by atoms with van der Waals surface area (Å²) < 4.78 is 0. The van der Waals surface area contributed by atoms with Gasteiger partial charge in [-0.05, 0) is 25.5 Å². The number of thioether (sulfide) groups is 1. The van der Waals surface area contributed by atoms with E-state index in [1.165, 1.54) is 25.7 Å². The summed E-state index contributed by atoms with van der Waals surface area (Å²) >= 11 is 1.92. The molecule has 3 heteroatoms. The predicted octanol–water partition coefficient (Wildman–Crippen LogP) is 1.60. The molecule has 0 saturated heterocycles. The van der Waals surface area contributed by atoms with E-state index in [2.05, 4.69) is 18.5 Å². The fourth-order valence-electron chi connectivity index (χ4n) is 1.83. The zero-order valence-corrected chi connectivity index (χ0v) is 9.57. The van der Waals surface area contributed by atoms with Gasteiger partial charge in [0.2, 0.25) is 0 Å². The van der Waals surface area contributed by atoms with Gasteiger partial charge in [-0.15, -0.1) is 0 Å². The summed E-state index contributed by atoms with van der Waals surface area (Å²) in [6.45, 7) is 3.39. The van der Waals surface area contributed by atoms with E-state index in [0.717, 1.165) is 11.8 Å². The van der Waals surface area contributed by atoms with Gasteiger partial charge in [-0.2, -0.15) is 11.8 Å². The molecule has 0 aromatic rings. The lowest BCUT2D eigenvalue weighted by Crippen LogP contribution is -2.41. The Bertz CT molecular complexity index is 141. The fourth-order valence-corrected chi connectivity index (χ4v) is 2.09. The molecule has 0 spiro atoms. The summed E-state index contributed by atoms with van der Waals surface area (Å²) in [5, 5.41) is 4.32. The zero-order valence-electron chi connectivity index (χ0n) is 8.75. The van der Waals surface area contributed by atoms with Crippen LogP contribution in [0.25, 0.3) is 0 Å². The van der Waals surface area contributed by atoms with Gasteiger partial charge in [0.1, 0.15) is 0 Å². The van der Waals surface area contributed by atoms with Crippen molar-refractivity contribution in [3.63, 3.8) is 0 Å².